The summed E-state index contributed by atoms with van der Waals surface area (Å²) in [7, 11) is -1.97. The van der Waals surface area contributed by atoms with Gasteiger partial charge in [0.05, 0.1) is 22.5 Å². The molecule has 0 saturated heterocycles. The van der Waals surface area contributed by atoms with E-state index in [-0.39, 0.29) is 22.4 Å². The van der Waals surface area contributed by atoms with E-state index in [1.54, 1.807) is 6.07 Å². The molecule has 0 unspecified atom stereocenters. The van der Waals surface area contributed by atoms with Crippen LogP contribution in [0.15, 0.2) is 42.5 Å². The molecular formula is C18H21ClN2O3S. The number of nitrogens with zero attached hydrogens (tertiary/aromatic N) is 1. The van der Waals surface area contributed by atoms with Crippen molar-refractivity contribution in [3.05, 3.63) is 58.6 Å². The van der Waals surface area contributed by atoms with Crippen LogP contribution in [0.4, 0.5) is 11.4 Å². The lowest BCUT2D eigenvalue weighted by molar-refractivity contribution is 0.102. The Labute approximate surface area is 153 Å². The smallest absolute Gasteiger partial charge is 0.257 e. The third kappa shape index (κ3) is 4.52. The first-order valence-electron chi connectivity index (χ1n) is 7.75. The quantitative estimate of drug-likeness (QED) is 0.848. The van der Waals surface area contributed by atoms with Crippen molar-refractivity contribution in [2.45, 2.75) is 19.8 Å². The molecule has 0 heterocycles. The van der Waals surface area contributed by atoms with Crippen molar-refractivity contribution in [3.8, 4) is 0 Å². The monoisotopic (exact) mass is 380 g/mol. The van der Waals surface area contributed by atoms with E-state index in [9.17, 15) is 13.2 Å². The maximum Gasteiger partial charge on any atom is 0.257 e. The summed E-state index contributed by atoms with van der Waals surface area (Å²) < 4.78 is 24.3. The minimum atomic E-state index is -3.40. The Bertz CT molecular complexity index is 895. The van der Waals surface area contributed by atoms with Gasteiger partial charge >= 0.3 is 0 Å². The molecule has 1 amide bonds. The zero-order valence-corrected chi connectivity index (χ0v) is 16.1. The molecule has 25 heavy (non-hydrogen) atoms. The number of carbonyl (C=O) groups excluding carboxylic acids is 1. The number of rotatable bonds is 5. The summed E-state index contributed by atoms with van der Waals surface area (Å²) in [4.78, 5) is 12.6. The first-order valence-corrected chi connectivity index (χ1v) is 9.97. The van der Waals surface area contributed by atoms with Gasteiger partial charge in [0.1, 0.15) is 0 Å². The summed E-state index contributed by atoms with van der Waals surface area (Å²) in [6, 6.07) is 12.1. The molecule has 2 aromatic carbocycles. The number of amides is 1. The molecule has 0 aromatic heterocycles. The van der Waals surface area contributed by atoms with Crippen molar-refractivity contribution in [1.29, 1.82) is 0 Å². The Morgan fingerprint density at radius 2 is 1.80 bits per heavy atom. The van der Waals surface area contributed by atoms with Gasteiger partial charge in [0, 0.05) is 12.7 Å². The zero-order valence-electron chi connectivity index (χ0n) is 14.6. The third-order valence-electron chi connectivity index (χ3n) is 3.89. The van der Waals surface area contributed by atoms with E-state index < -0.39 is 10.0 Å². The molecule has 0 fully saturated rings. The van der Waals surface area contributed by atoms with Crippen molar-refractivity contribution in [1.82, 2.24) is 0 Å². The Hall–Kier alpha value is -2.05. The van der Waals surface area contributed by atoms with Gasteiger partial charge in [-0.05, 0) is 35.7 Å². The largest absolute Gasteiger partial charge is 0.322 e. The average molecular weight is 381 g/mol. The molecule has 0 atom stereocenters. The van der Waals surface area contributed by atoms with Crippen LogP contribution >= 0.6 is 11.6 Å². The molecule has 0 aliphatic rings. The second-order valence-electron chi connectivity index (χ2n) is 6.09. The van der Waals surface area contributed by atoms with Gasteiger partial charge in [-0.3, -0.25) is 9.10 Å². The van der Waals surface area contributed by atoms with E-state index in [4.69, 9.17) is 11.6 Å². The van der Waals surface area contributed by atoms with Crippen molar-refractivity contribution < 1.29 is 13.2 Å². The Kier molecular flexibility index (Phi) is 5.75. The molecule has 0 bridgehead atoms. The molecule has 2 aromatic rings. The third-order valence-corrected chi connectivity index (χ3v) is 5.41. The second kappa shape index (κ2) is 7.45. The summed E-state index contributed by atoms with van der Waals surface area (Å²) in [5, 5.41) is 3.06. The maximum atomic E-state index is 12.6. The van der Waals surface area contributed by atoms with Crippen molar-refractivity contribution >= 4 is 38.9 Å². The zero-order chi connectivity index (χ0) is 18.8. The number of nitrogens with one attached hydrogen (secondary N) is 1. The lowest BCUT2D eigenvalue weighted by Gasteiger charge is -2.18. The van der Waals surface area contributed by atoms with E-state index in [0.717, 1.165) is 21.8 Å². The van der Waals surface area contributed by atoms with E-state index >= 15 is 0 Å². The summed E-state index contributed by atoms with van der Waals surface area (Å²) in [5.74, 6) is -0.0792. The Morgan fingerprint density at radius 3 is 2.36 bits per heavy atom. The molecule has 0 aliphatic heterocycles. The number of halogens is 1. The number of benzene rings is 2. The van der Waals surface area contributed by atoms with Gasteiger partial charge in [0.25, 0.3) is 5.91 Å². The molecule has 2 rings (SSSR count). The van der Waals surface area contributed by atoms with Crippen LogP contribution in [0.25, 0.3) is 0 Å². The van der Waals surface area contributed by atoms with Crippen molar-refractivity contribution in [3.63, 3.8) is 0 Å². The molecule has 0 radical (unpaired) electrons. The van der Waals surface area contributed by atoms with Gasteiger partial charge in [-0.15, -0.1) is 0 Å². The van der Waals surface area contributed by atoms with E-state index in [1.807, 2.05) is 38.1 Å². The van der Waals surface area contributed by atoms with Crippen LogP contribution in [0, 0.1) is 0 Å². The van der Waals surface area contributed by atoms with Gasteiger partial charge in [0.2, 0.25) is 10.0 Å². The van der Waals surface area contributed by atoms with Gasteiger partial charge in [-0.1, -0.05) is 43.6 Å². The topological polar surface area (TPSA) is 66.5 Å². The van der Waals surface area contributed by atoms with Gasteiger partial charge in [-0.2, -0.15) is 0 Å². The van der Waals surface area contributed by atoms with Crippen LogP contribution in [-0.2, 0) is 10.0 Å². The van der Waals surface area contributed by atoms with Crippen molar-refractivity contribution in [2.24, 2.45) is 0 Å². The molecule has 7 heteroatoms. The Balaban J connectivity index is 2.30. The molecule has 5 nitrogen and oxygen atoms in total. The van der Waals surface area contributed by atoms with Crippen molar-refractivity contribution in [2.75, 3.05) is 22.9 Å². The average Bonchev–Trinajstić information content (AvgIpc) is 2.53. The molecule has 1 N–H and O–H groups in total. The SMILES string of the molecule is CC(C)c1ccccc1NC(=O)c1ccc(N(C)S(C)(=O)=O)cc1Cl. The highest BCUT2D eigenvalue weighted by Crippen LogP contribution is 2.27. The summed E-state index contributed by atoms with van der Waals surface area (Å²) in [6.07, 6.45) is 1.10. The lowest BCUT2D eigenvalue weighted by Crippen LogP contribution is -2.25. The molecule has 134 valence electrons. The fourth-order valence-electron chi connectivity index (χ4n) is 2.38. The van der Waals surface area contributed by atoms with Crippen LogP contribution in [0.3, 0.4) is 0 Å². The first-order chi connectivity index (χ1) is 11.6. The van der Waals surface area contributed by atoms with Crippen LogP contribution in [-0.4, -0.2) is 27.6 Å². The van der Waals surface area contributed by atoms with E-state index in [0.29, 0.717) is 5.69 Å². The van der Waals surface area contributed by atoms with Crippen LogP contribution in [0.1, 0.15) is 35.7 Å². The van der Waals surface area contributed by atoms with Crippen LogP contribution in [0.2, 0.25) is 5.02 Å². The predicted molar refractivity (Wildman–Crippen MR) is 103 cm³/mol. The van der Waals surface area contributed by atoms with Gasteiger partial charge < -0.3 is 5.32 Å². The molecular weight excluding hydrogens is 360 g/mol. The minimum absolute atomic E-state index is 0.188. The molecule has 0 aliphatic carbocycles. The number of hydrogen-bond acceptors (Lipinski definition) is 3. The molecule has 0 saturated carbocycles. The van der Waals surface area contributed by atoms with Gasteiger partial charge in [-0.25, -0.2) is 8.42 Å². The summed E-state index contributed by atoms with van der Waals surface area (Å²) >= 11 is 6.20. The summed E-state index contributed by atoms with van der Waals surface area (Å²) in [5.41, 5.74) is 2.44. The normalized spacial score (nSPS) is 11.4. The van der Waals surface area contributed by atoms with E-state index in [1.165, 1.54) is 19.2 Å². The highest BCUT2D eigenvalue weighted by molar-refractivity contribution is 7.92. The fraction of sp³-hybridized carbons (Fsp3) is 0.278. The maximum absolute atomic E-state index is 12.6. The standard InChI is InChI=1S/C18H21ClN2O3S/c1-12(2)14-7-5-6-8-17(14)20-18(22)15-10-9-13(11-16(15)19)21(3)25(4,23)24/h5-12H,1-4H3,(H,20,22). The second-order valence-corrected chi connectivity index (χ2v) is 8.51. The lowest BCUT2D eigenvalue weighted by atomic mass is 10.0. The number of para-hydroxylation sites is 1. The number of hydrogen-bond donors (Lipinski definition) is 1. The Morgan fingerprint density at radius 1 is 1.16 bits per heavy atom. The van der Waals surface area contributed by atoms with Crippen LogP contribution in [0.5, 0.6) is 0 Å². The predicted octanol–water partition coefficient (Wildman–Crippen LogP) is 4.11. The first kappa shape index (κ1) is 19.3. The molecule has 0 spiro atoms. The number of anilines is 2. The highest BCUT2D eigenvalue weighted by Gasteiger charge is 2.17. The fourth-order valence-corrected chi connectivity index (χ4v) is 3.14. The van der Waals surface area contributed by atoms with Crippen LogP contribution < -0.4 is 9.62 Å². The highest BCUT2D eigenvalue weighted by atomic mass is 35.5. The minimum Gasteiger partial charge on any atom is -0.322 e. The van der Waals surface area contributed by atoms with E-state index in [2.05, 4.69) is 5.32 Å². The number of carbonyl (C=O) groups is 1. The number of sulfonamides is 1. The van der Waals surface area contributed by atoms with Gasteiger partial charge in [0.15, 0.2) is 0 Å². The summed E-state index contributed by atoms with van der Waals surface area (Å²) in [6.45, 7) is 4.10.